The van der Waals surface area contributed by atoms with Crippen LogP contribution in [0.25, 0.3) is 0 Å². The monoisotopic (exact) mass is 372 g/mol. The number of furan rings is 1. The van der Waals surface area contributed by atoms with Crippen molar-refractivity contribution in [2.45, 2.75) is 46.2 Å². The van der Waals surface area contributed by atoms with Gasteiger partial charge in [-0.1, -0.05) is 12.1 Å². The van der Waals surface area contributed by atoms with Crippen molar-refractivity contribution in [3.8, 4) is 0 Å². The minimum absolute atomic E-state index is 0.1000. The average molecular weight is 372 g/mol. The van der Waals surface area contributed by atoms with Crippen molar-refractivity contribution in [3.05, 3.63) is 59.3 Å². The molecule has 27 heavy (non-hydrogen) atoms. The fraction of sp³-hybridized carbons (Fsp3) is 0.500. The van der Waals surface area contributed by atoms with Gasteiger partial charge in [0.15, 0.2) is 0 Å². The Morgan fingerprint density at radius 1 is 1.22 bits per heavy atom. The number of hydrogen-bond donors (Lipinski definition) is 0. The van der Waals surface area contributed by atoms with Crippen molar-refractivity contribution >= 4 is 5.91 Å². The maximum Gasteiger partial charge on any atom is 0.219 e. The maximum absolute atomic E-state index is 13.4. The predicted octanol–water partition coefficient (Wildman–Crippen LogP) is 4.20. The summed E-state index contributed by atoms with van der Waals surface area (Å²) in [6.07, 6.45) is 0. The van der Waals surface area contributed by atoms with E-state index in [1.54, 1.807) is 6.92 Å². The van der Waals surface area contributed by atoms with E-state index in [2.05, 4.69) is 4.90 Å². The van der Waals surface area contributed by atoms with Crippen molar-refractivity contribution in [3.63, 3.8) is 0 Å². The van der Waals surface area contributed by atoms with Crippen LogP contribution >= 0.6 is 0 Å². The Kier molecular flexibility index (Phi) is 6.00. The van der Waals surface area contributed by atoms with Gasteiger partial charge < -0.3 is 9.32 Å². The number of halogens is 1. The van der Waals surface area contributed by atoms with E-state index in [0.717, 1.165) is 36.7 Å². The number of hydrogen-bond acceptors (Lipinski definition) is 3. The van der Waals surface area contributed by atoms with Crippen LogP contribution in [0.3, 0.4) is 0 Å². The van der Waals surface area contributed by atoms with E-state index in [1.165, 1.54) is 12.1 Å². The summed E-state index contributed by atoms with van der Waals surface area (Å²) in [7, 11) is 0. The summed E-state index contributed by atoms with van der Waals surface area (Å²) >= 11 is 0. The number of rotatable bonds is 6. The standard InChI is InChI=1S/C22H29FN2O2/c1-15(2)25(17(4)26)12-19-11-24(13-21-10-5-16(3)27-21)14-22(19)18-6-8-20(23)9-7-18/h5-10,15,19,22H,11-14H2,1-4H3. The Hall–Kier alpha value is -2.14. The summed E-state index contributed by atoms with van der Waals surface area (Å²) in [6.45, 7) is 10.9. The SMILES string of the molecule is CC(=O)N(CC1CN(Cc2ccc(C)o2)CC1c1ccc(F)cc1)C(C)C. The first-order valence-corrected chi connectivity index (χ1v) is 9.64. The molecule has 3 rings (SSSR count). The lowest BCUT2D eigenvalue weighted by atomic mass is 9.88. The molecule has 1 fully saturated rings. The molecular formula is C22H29FN2O2. The van der Waals surface area contributed by atoms with Gasteiger partial charge in [-0.3, -0.25) is 9.69 Å². The Balaban J connectivity index is 1.79. The van der Waals surface area contributed by atoms with Gasteiger partial charge in [0.25, 0.3) is 0 Å². The highest BCUT2D eigenvalue weighted by molar-refractivity contribution is 5.73. The molecule has 1 aliphatic rings. The fourth-order valence-electron chi connectivity index (χ4n) is 4.11. The normalized spacial score (nSPS) is 20.4. The van der Waals surface area contributed by atoms with E-state index in [9.17, 15) is 9.18 Å². The van der Waals surface area contributed by atoms with E-state index < -0.39 is 0 Å². The molecule has 1 saturated heterocycles. The van der Waals surface area contributed by atoms with Crippen LogP contribution in [0.5, 0.6) is 0 Å². The molecule has 1 aromatic heterocycles. The third kappa shape index (κ3) is 4.78. The molecule has 146 valence electrons. The van der Waals surface area contributed by atoms with E-state index in [4.69, 9.17) is 4.42 Å². The number of amides is 1. The molecule has 2 atom stereocenters. The van der Waals surface area contributed by atoms with Gasteiger partial charge in [-0.25, -0.2) is 4.39 Å². The number of nitrogens with zero attached hydrogens (tertiary/aromatic N) is 2. The molecule has 2 heterocycles. The van der Waals surface area contributed by atoms with E-state index in [0.29, 0.717) is 12.5 Å². The lowest BCUT2D eigenvalue weighted by Gasteiger charge is -2.30. The van der Waals surface area contributed by atoms with Gasteiger partial charge in [0.1, 0.15) is 17.3 Å². The minimum Gasteiger partial charge on any atom is -0.465 e. The summed E-state index contributed by atoms with van der Waals surface area (Å²) in [5.41, 5.74) is 1.13. The average Bonchev–Trinajstić information content (AvgIpc) is 3.19. The van der Waals surface area contributed by atoms with Crippen LogP contribution in [0.4, 0.5) is 4.39 Å². The van der Waals surface area contributed by atoms with Crippen LogP contribution in [-0.2, 0) is 11.3 Å². The Morgan fingerprint density at radius 2 is 1.93 bits per heavy atom. The molecule has 0 bridgehead atoms. The molecule has 1 aliphatic heterocycles. The second-order valence-electron chi connectivity index (χ2n) is 7.89. The van der Waals surface area contributed by atoms with Crippen molar-refractivity contribution in [2.75, 3.05) is 19.6 Å². The highest BCUT2D eigenvalue weighted by Crippen LogP contribution is 2.34. The molecule has 0 spiro atoms. The summed E-state index contributed by atoms with van der Waals surface area (Å²) in [6, 6.07) is 11.0. The van der Waals surface area contributed by atoms with Crippen LogP contribution in [-0.4, -0.2) is 41.4 Å². The summed E-state index contributed by atoms with van der Waals surface area (Å²) in [5.74, 6) is 2.32. The summed E-state index contributed by atoms with van der Waals surface area (Å²) in [4.78, 5) is 16.4. The summed E-state index contributed by atoms with van der Waals surface area (Å²) in [5, 5.41) is 0. The molecular weight excluding hydrogens is 343 g/mol. The minimum atomic E-state index is -0.219. The summed E-state index contributed by atoms with van der Waals surface area (Å²) < 4.78 is 19.1. The number of carbonyl (C=O) groups is 1. The molecule has 1 amide bonds. The molecule has 0 aliphatic carbocycles. The third-order valence-corrected chi connectivity index (χ3v) is 5.45. The van der Waals surface area contributed by atoms with E-state index >= 15 is 0 Å². The van der Waals surface area contributed by atoms with E-state index in [1.807, 2.05) is 49.9 Å². The van der Waals surface area contributed by atoms with Crippen LogP contribution in [0.2, 0.25) is 0 Å². The molecule has 5 heteroatoms. The van der Waals surface area contributed by atoms with E-state index in [-0.39, 0.29) is 23.7 Å². The van der Waals surface area contributed by atoms with Crippen LogP contribution < -0.4 is 0 Å². The maximum atomic E-state index is 13.4. The first-order valence-electron chi connectivity index (χ1n) is 9.64. The predicted molar refractivity (Wildman–Crippen MR) is 104 cm³/mol. The lowest BCUT2D eigenvalue weighted by Crippen LogP contribution is -2.40. The van der Waals surface area contributed by atoms with Gasteiger partial charge in [-0.15, -0.1) is 0 Å². The first kappa shape index (κ1) is 19.6. The Labute approximate surface area is 161 Å². The zero-order chi connectivity index (χ0) is 19.6. The zero-order valence-corrected chi connectivity index (χ0v) is 16.6. The third-order valence-electron chi connectivity index (χ3n) is 5.45. The number of benzene rings is 1. The van der Waals surface area contributed by atoms with Crippen molar-refractivity contribution < 1.29 is 13.6 Å². The number of likely N-dealkylation sites (tertiary alicyclic amines) is 1. The molecule has 4 nitrogen and oxygen atoms in total. The first-order chi connectivity index (χ1) is 12.8. The molecule has 2 unspecified atom stereocenters. The second-order valence-corrected chi connectivity index (χ2v) is 7.89. The Morgan fingerprint density at radius 3 is 2.48 bits per heavy atom. The van der Waals surface area contributed by atoms with Crippen molar-refractivity contribution in [1.82, 2.24) is 9.80 Å². The largest absolute Gasteiger partial charge is 0.465 e. The fourth-order valence-corrected chi connectivity index (χ4v) is 4.11. The van der Waals surface area contributed by atoms with Gasteiger partial charge in [0.2, 0.25) is 5.91 Å². The number of aryl methyl sites for hydroxylation is 1. The van der Waals surface area contributed by atoms with Crippen molar-refractivity contribution in [1.29, 1.82) is 0 Å². The van der Waals surface area contributed by atoms with Crippen LogP contribution in [0.15, 0.2) is 40.8 Å². The topological polar surface area (TPSA) is 36.7 Å². The Bertz CT molecular complexity index is 769. The smallest absolute Gasteiger partial charge is 0.219 e. The van der Waals surface area contributed by atoms with Gasteiger partial charge in [0.05, 0.1) is 6.54 Å². The molecule has 0 radical (unpaired) electrons. The second kappa shape index (κ2) is 8.26. The van der Waals surface area contributed by atoms with Crippen LogP contribution in [0, 0.1) is 18.7 Å². The molecule has 1 aromatic carbocycles. The quantitative estimate of drug-likeness (QED) is 0.763. The molecule has 2 aromatic rings. The van der Waals surface area contributed by atoms with Crippen LogP contribution in [0.1, 0.15) is 43.8 Å². The van der Waals surface area contributed by atoms with Crippen molar-refractivity contribution in [2.24, 2.45) is 5.92 Å². The molecule has 0 N–H and O–H groups in total. The lowest BCUT2D eigenvalue weighted by molar-refractivity contribution is -0.131. The van der Waals surface area contributed by atoms with Gasteiger partial charge in [-0.2, -0.15) is 0 Å². The highest BCUT2D eigenvalue weighted by atomic mass is 19.1. The van der Waals surface area contributed by atoms with Gasteiger partial charge >= 0.3 is 0 Å². The molecule has 0 saturated carbocycles. The van der Waals surface area contributed by atoms with Gasteiger partial charge in [-0.05, 0) is 56.5 Å². The zero-order valence-electron chi connectivity index (χ0n) is 16.6. The highest BCUT2D eigenvalue weighted by Gasteiger charge is 2.36. The van der Waals surface area contributed by atoms with Gasteiger partial charge in [0, 0.05) is 38.5 Å². The number of carbonyl (C=O) groups excluding carboxylic acids is 1.